The average Bonchev–Trinajstić information content (AvgIpc) is 3.71. The van der Waals surface area contributed by atoms with Gasteiger partial charge in [0.1, 0.15) is 11.6 Å². The van der Waals surface area contributed by atoms with E-state index in [-0.39, 0.29) is 17.7 Å². The minimum absolute atomic E-state index is 0.183. The van der Waals surface area contributed by atoms with Crippen molar-refractivity contribution in [3.05, 3.63) is 82.0 Å². The van der Waals surface area contributed by atoms with Crippen molar-refractivity contribution in [1.29, 1.82) is 0 Å². The van der Waals surface area contributed by atoms with Crippen molar-refractivity contribution >= 4 is 78.0 Å². The van der Waals surface area contributed by atoms with Crippen LogP contribution in [-0.4, -0.2) is 101 Å². The van der Waals surface area contributed by atoms with Crippen molar-refractivity contribution in [2.75, 3.05) is 83.9 Å². The molecule has 4 aliphatic heterocycles. The Morgan fingerprint density at radius 1 is 0.852 bits per heavy atom. The molecule has 61 heavy (non-hydrogen) atoms. The summed E-state index contributed by atoms with van der Waals surface area (Å²) in [5.74, 6) is 0.915. The van der Waals surface area contributed by atoms with Crippen LogP contribution in [0.25, 0.3) is 0 Å². The SMILES string of the molecule is COc1cc(N2CCC(NCCNC3CCN(c4cccc(C5CCC(=O)NC5=O)c4)CC3)CC2)c(C)cc1Nc1ncc(Br)c(Nc2cccc3c2N(S(C)(=O)=O)CC3)n1. The molecule has 3 aromatic carbocycles. The molecule has 2 amide bonds. The first-order chi connectivity index (χ1) is 29.4. The number of anilines is 7. The van der Waals surface area contributed by atoms with Gasteiger partial charge in [0, 0.05) is 88.0 Å². The summed E-state index contributed by atoms with van der Waals surface area (Å²) in [5, 5.41) is 16.7. The first kappa shape index (κ1) is 42.7. The number of methoxy groups -OCH3 is 1. The fourth-order valence-electron chi connectivity index (χ4n) is 9.07. The van der Waals surface area contributed by atoms with E-state index in [2.05, 4.69) is 88.5 Å². The number of benzene rings is 3. The molecule has 4 aliphatic rings. The summed E-state index contributed by atoms with van der Waals surface area (Å²) in [5.41, 5.74) is 7.40. The standard InChI is InChI=1S/C44H55BrN10O5S/c1-28-24-37(50-44-48-27-35(45)42(52-44)49-36-9-5-6-29-12-23-55(41(29)36)61(3,58)59)39(60-2)26-38(28)54-21-15-32(16-22-54)47-18-17-46-31-13-19-53(20-14-31)33-8-4-7-30(25-33)34-10-11-40(56)51-43(34)57/h4-9,24-27,31-32,34,46-47H,10-23H2,1-3H3,(H,51,56,57)(H2,48,49,50,52). The summed E-state index contributed by atoms with van der Waals surface area (Å²) in [7, 11) is -1.77. The third-order valence-electron chi connectivity index (χ3n) is 12.3. The number of piperidine rings is 3. The molecule has 4 aromatic rings. The second-order valence-corrected chi connectivity index (χ2v) is 19.2. The highest BCUT2D eigenvalue weighted by Gasteiger charge is 2.31. The molecule has 324 valence electrons. The normalized spacial score (nSPS) is 18.9. The van der Waals surface area contributed by atoms with E-state index < -0.39 is 10.0 Å². The number of nitrogens with zero attached hydrogens (tertiary/aromatic N) is 5. The number of hydrogen-bond acceptors (Lipinski definition) is 13. The summed E-state index contributed by atoms with van der Waals surface area (Å²) < 4.78 is 33.0. The zero-order chi connectivity index (χ0) is 42.7. The van der Waals surface area contributed by atoms with Gasteiger partial charge in [-0.1, -0.05) is 24.3 Å². The van der Waals surface area contributed by atoms with E-state index in [1.807, 2.05) is 30.3 Å². The first-order valence-electron chi connectivity index (χ1n) is 21.2. The molecule has 17 heteroatoms. The Kier molecular flexibility index (Phi) is 13.0. The van der Waals surface area contributed by atoms with E-state index in [0.29, 0.717) is 71.3 Å². The molecule has 0 bridgehead atoms. The zero-order valence-corrected chi connectivity index (χ0v) is 37.4. The quantitative estimate of drug-likeness (QED) is 0.0771. The highest BCUT2D eigenvalue weighted by atomic mass is 79.9. The van der Waals surface area contributed by atoms with Gasteiger partial charge >= 0.3 is 0 Å². The minimum Gasteiger partial charge on any atom is -0.494 e. The molecule has 3 saturated heterocycles. The van der Waals surface area contributed by atoms with Crippen molar-refractivity contribution in [2.45, 2.75) is 69.9 Å². The second kappa shape index (κ2) is 18.6. The Hall–Kier alpha value is -4.97. The number of halogens is 1. The Labute approximate surface area is 366 Å². The third kappa shape index (κ3) is 9.90. The van der Waals surface area contributed by atoms with Crippen molar-refractivity contribution in [3.63, 3.8) is 0 Å². The predicted octanol–water partition coefficient (Wildman–Crippen LogP) is 5.70. The Morgan fingerprint density at radius 2 is 1.56 bits per heavy atom. The van der Waals surface area contributed by atoms with Gasteiger partial charge in [0.25, 0.3) is 0 Å². The highest BCUT2D eigenvalue weighted by Crippen LogP contribution is 2.40. The van der Waals surface area contributed by atoms with Crippen LogP contribution in [0, 0.1) is 6.92 Å². The largest absolute Gasteiger partial charge is 0.494 e. The predicted molar refractivity (Wildman–Crippen MR) is 244 cm³/mol. The van der Waals surface area contributed by atoms with Crippen LogP contribution in [0.15, 0.2) is 65.3 Å². The number of hydrogen-bond donors (Lipinski definition) is 5. The lowest BCUT2D eigenvalue weighted by Crippen LogP contribution is -2.47. The van der Waals surface area contributed by atoms with Crippen LogP contribution in [0.1, 0.15) is 61.1 Å². The highest BCUT2D eigenvalue weighted by molar-refractivity contribution is 9.10. The molecule has 0 radical (unpaired) electrons. The Balaban J connectivity index is 0.797. The number of amides is 2. The molecule has 3 fully saturated rings. The van der Waals surface area contributed by atoms with Crippen molar-refractivity contribution < 1.29 is 22.7 Å². The molecule has 0 spiro atoms. The number of carbonyl (C=O) groups excluding carboxylic acids is 2. The summed E-state index contributed by atoms with van der Waals surface area (Å²) in [6.07, 6.45) is 8.72. The molecule has 1 atom stereocenters. The van der Waals surface area contributed by atoms with Crippen LogP contribution in [0.4, 0.5) is 40.2 Å². The van der Waals surface area contributed by atoms with Gasteiger partial charge in [-0.15, -0.1) is 0 Å². The Bertz CT molecular complexity index is 2370. The topological polar surface area (TPSA) is 173 Å². The number of carbonyl (C=O) groups is 2. The number of sulfonamides is 1. The lowest BCUT2D eigenvalue weighted by Gasteiger charge is -2.36. The van der Waals surface area contributed by atoms with Crippen LogP contribution in [0.3, 0.4) is 0 Å². The monoisotopic (exact) mass is 914 g/mol. The van der Waals surface area contributed by atoms with Gasteiger partial charge in [-0.25, -0.2) is 13.4 Å². The van der Waals surface area contributed by atoms with E-state index in [0.717, 1.165) is 98.7 Å². The molecular formula is C44H55BrN10O5S. The molecule has 1 unspecified atom stereocenters. The van der Waals surface area contributed by atoms with Crippen molar-refractivity contribution in [3.8, 4) is 5.75 Å². The molecule has 1 aromatic heterocycles. The van der Waals surface area contributed by atoms with Crippen LogP contribution in [-0.2, 0) is 26.0 Å². The third-order valence-corrected chi connectivity index (χ3v) is 14.1. The fourth-order valence-corrected chi connectivity index (χ4v) is 10.3. The minimum atomic E-state index is -3.44. The molecular weight excluding hydrogens is 861 g/mol. The number of rotatable bonds is 14. The first-order valence-corrected chi connectivity index (χ1v) is 23.8. The summed E-state index contributed by atoms with van der Waals surface area (Å²) in [4.78, 5) is 38.1. The molecule has 5 heterocycles. The van der Waals surface area contributed by atoms with Crippen LogP contribution < -0.4 is 45.4 Å². The van der Waals surface area contributed by atoms with Gasteiger partial charge in [0.2, 0.25) is 27.8 Å². The van der Waals surface area contributed by atoms with Gasteiger partial charge in [-0.3, -0.25) is 19.2 Å². The summed E-state index contributed by atoms with van der Waals surface area (Å²) in [6.45, 7) is 8.18. The number of nitrogens with one attached hydrogen (secondary N) is 5. The van der Waals surface area contributed by atoms with E-state index in [9.17, 15) is 18.0 Å². The molecule has 8 rings (SSSR count). The summed E-state index contributed by atoms with van der Waals surface area (Å²) >= 11 is 3.56. The maximum Gasteiger partial charge on any atom is 0.234 e. The zero-order valence-electron chi connectivity index (χ0n) is 35.0. The molecule has 15 nitrogen and oxygen atoms in total. The molecule has 0 saturated carbocycles. The average molecular weight is 916 g/mol. The van der Waals surface area contributed by atoms with E-state index in [1.54, 1.807) is 13.3 Å². The number of aromatic nitrogens is 2. The van der Waals surface area contributed by atoms with E-state index in [1.165, 1.54) is 10.6 Å². The van der Waals surface area contributed by atoms with Gasteiger partial charge in [-0.2, -0.15) is 4.98 Å². The van der Waals surface area contributed by atoms with Crippen LogP contribution in [0.2, 0.25) is 0 Å². The number of aryl methyl sites for hydroxylation is 1. The number of ether oxygens (including phenoxy) is 1. The number of imide groups is 1. The van der Waals surface area contributed by atoms with Crippen molar-refractivity contribution in [1.82, 2.24) is 25.9 Å². The summed E-state index contributed by atoms with van der Waals surface area (Å²) in [6, 6.07) is 19.1. The number of fused-ring (bicyclic) bond motifs is 1. The van der Waals surface area contributed by atoms with Gasteiger partial charge in [0.15, 0.2) is 0 Å². The van der Waals surface area contributed by atoms with E-state index >= 15 is 0 Å². The smallest absolute Gasteiger partial charge is 0.234 e. The van der Waals surface area contributed by atoms with Gasteiger partial charge < -0.3 is 35.8 Å². The molecule has 5 N–H and O–H groups in total. The van der Waals surface area contributed by atoms with Crippen LogP contribution >= 0.6 is 15.9 Å². The maximum atomic E-state index is 12.5. The lowest BCUT2D eigenvalue weighted by molar-refractivity contribution is -0.134. The Morgan fingerprint density at radius 3 is 2.25 bits per heavy atom. The maximum absolute atomic E-state index is 12.5. The van der Waals surface area contributed by atoms with E-state index in [4.69, 9.17) is 9.72 Å². The number of para-hydroxylation sites is 1. The van der Waals surface area contributed by atoms with Crippen LogP contribution in [0.5, 0.6) is 5.75 Å². The van der Waals surface area contributed by atoms with Gasteiger partial charge in [0.05, 0.1) is 40.8 Å². The fraction of sp³-hybridized carbons (Fsp3) is 0.455. The van der Waals surface area contributed by atoms with Crippen molar-refractivity contribution in [2.24, 2.45) is 0 Å². The lowest BCUT2D eigenvalue weighted by atomic mass is 9.90. The van der Waals surface area contributed by atoms with Gasteiger partial charge in [-0.05, 0) is 102 Å². The molecule has 0 aliphatic carbocycles. The second-order valence-electron chi connectivity index (χ2n) is 16.4.